The van der Waals surface area contributed by atoms with Gasteiger partial charge in [0.2, 0.25) is 0 Å². The minimum Gasteiger partial charge on any atom is -0.348 e. The number of amides is 1. The molecule has 4 nitrogen and oxygen atoms in total. The zero-order valence-corrected chi connectivity index (χ0v) is 13.3. The van der Waals surface area contributed by atoms with Crippen LogP contribution in [-0.4, -0.2) is 40.9 Å². The number of pyridine rings is 1. The number of carbonyl (C=O) groups is 1. The third kappa shape index (κ3) is 2.49. The smallest absolute Gasteiger partial charge is 0.253 e. The van der Waals surface area contributed by atoms with E-state index in [2.05, 4.69) is 26.1 Å². The molecule has 5 heteroatoms. The molecule has 0 radical (unpaired) electrons. The van der Waals surface area contributed by atoms with E-state index in [0.717, 1.165) is 22.1 Å². The number of carbonyl (C=O) groups excluding carboxylic acids is 1. The first-order valence-electron chi connectivity index (χ1n) is 7.49. The van der Waals surface area contributed by atoms with Gasteiger partial charge in [-0.05, 0) is 50.0 Å². The van der Waals surface area contributed by atoms with E-state index >= 15 is 0 Å². The lowest BCUT2D eigenvalue weighted by atomic mass is 9.84. The number of rotatable bonds is 2. The third-order valence-corrected chi connectivity index (χ3v) is 5.29. The number of aromatic nitrogens is 1. The molecule has 3 aliphatic rings. The standard InChI is InChI=1S/C16H18BrN3O/c17-13-3-6-20-9-12(7-14(20)8-13)16(21)18-15-10-19-4-1-11(15)2-5-19/h3,6-9,11,15H,1-2,4-5,10H2,(H,18,21)/t15-/m0/s1. The van der Waals surface area contributed by atoms with Crippen LogP contribution in [0.5, 0.6) is 0 Å². The van der Waals surface area contributed by atoms with Gasteiger partial charge in [0.1, 0.15) is 0 Å². The summed E-state index contributed by atoms with van der Waals surface area (Å²) in [5.74, 6) is 0.707. The van der Waals surface area contributed by atoms with Crippen molar-refractivity contribution in [2.75, 3.05) is 19.6 Å². The van der Waals surface area contributed by atoms with Gasteiger partial charge in [-0.3, -0.25) is 4.79 Å². The molecule has 0 unspecified atom stereocenters. The SMILES string of the molecule is O=C(N[C@H]1CN2CCC1CC2)c1cc2cc(Br)ccn2c1. The molecule has 0 saturated carbocycles. The highest BCUT2D eigenvalue weighted by atomic mass is 79.9. The number of fused-ring (bicyclic) bond motifs is 4. The highest BCUT2D eigenvalue weighted by Gasteiger charge is 2.35. The normalized spacial score (nSPS) is 28.0. The fourth-order valence-corrected chi connectivity index (χ4v) is 3.94. The van der Waals surface area contributed by atoms with Crippen molar-refractivity contribution in [3.63, 3.8) is 0 Å². The number of nitrogens with one attached hydrogen (secondary N) is 1. The molecular weight excluding hydrogens is 330 g/mol. The van der Waals surface area contributed by atoms with Crippen molar-refractivity contribution >= 4 is 27.4 Å². The number of halogens is 1. The van der Waals surface area contributed by atoms with Crippen LogP contribution in [0.3, 0.4) is 0 Å². The predicted octanol–water partition coefficient (Wildman–Crippen LogP) is 2.53. The average Bonchev–Trinajstić information content (AvgIpc) is 2.91. The summed E-state index contributed by atoms with van der Waals surface area (Å²) < 4.78 is 3.01. The van der Waals surface area contributed by atoms with Crippen molar-refractivity contribution in [3.8, 4) is 0 Å². The maximum atomic E-state index is 12.5. The Hall–Kier alpha value is -1.33. The van der Waals surface area contributed by atoms with Gasteiger partial charge in [-0.25, -0.2) is 0 Å². The van der Waals surface area contributed by atoms with E-state index in [1.165, 1.54) is 25.9 Å². The lowest BCUT2D eigenvalue weighted by molar-refractivity contribution is 0.0620. The summed E-state index contributed by atoms with van der Waals surface area (Å²) >= 11 is 3.46. The van der Waals surface area contributed by atoms with E-state index in [1.54, 1.807) is 0 Å². The van der Waals surface area contributed by atoms with E-state index < -0.39 is 0 Å². The Bertz CT molecular complexity index is 688. The molecule has 1 atom stereocenters. The summed E-state index contributed by atoms with van der Waals surface area (Å²) in [7, 11) is 0. The van der Waals surface area contributed by atoms with Crippen LogP contribution in [0, 0.1) is 5.92 Å². The van der Waals surface area contributed by atoms with Crippen LogP contribution in [0.25, 0.3) is 5.52 Å². The van der Waals surface area contributed by atoms with Gasteiger partial charge in [0.05, 0.1) is 5.56 Å². The Kier molecular flexibility index (Phi) is 3.27. The van der Waals surface area contributed by atoms with Gasteiger partial charge < -0.3 is 14.6 Å². The first kappa shape index (κ1) is 13.3. The second-order valence-electron chi connectivity index (χ2n) is 6.12. The molecule has 5 heterocycles. The van der Waals surface area contributed by atoms with Crippen molar-refractivity contribution in [3.05, 3.63) is 40.6 Å². The van der Waals surface area contributed by atoms with Gasteiger partial charge >= 0.3 is 0 Å². The Balaban J connectivity index is 1.53. The predicted molar refractivity (Wildman–Crippen MR) is 85.5 cm³/mol. The molecular formula is C16H18BrN3O. The van der Waals surface area contributed by atoms with Gasteiger partial charge in [-0.2, -0.15) is 0 Å². The van der Waals surface area contributed by atoms with Gasteiger partial charge in [-0.1, -0.05) is 15.9 Å². The van der Waals surface area contributed by atoms with Crippen molar-refractivity contribution < 1.29 is 4.79 Å². The number of piperidine rings is 3. The summed E-state index contributed by atoms with van der Waals surface area (Å²) in [5, 5.41) is 3.24. The Labute approximate surface area is 132 Å². The van der Waals surface area contributed by atoms with E-state index in [4.69, 9.17) is 0 Å². The Morgan fingerprint density at radius 2 is 2.10 bits per heavy atom. The lowest BCUT2D eigenvalue weighted by Gasteiger charge is -2.44. The Morgan fingerprint density at radius 3 is 2.81 bits per heavy atom. The van der Waals surface area contributed by atoms with Crippen molar-refractivity contribution in [1.29, 1.82) is 0 Å². The maximum absolute atomic E-state index is 12.5. The quantitative estimate of drug-likeness (QED) is 0.906. The van der Waals surface area contributed by atoms with Crippen LogP contribution in [0.4, 0.5) is 0 Å². The van der Waals surface area contributed by atoms with Crippen LogP contribution in [0.1, 0.15) is 23.2 Å². The first-order chi connectivity index (χ1) is 10.2. The Morgan fingerprint density at radius 1 is 1.29 bits per heavy atom. The number of hydrogen-bond donors (Lipinski definition) is 1. The molecule has 1 amide bonds. The van der Waals surface area contributed by atoms with Gasteiger partial charge in [0.25, 0.3) is 5.91 Å². The summed E-state index contributed by atoms with van der Waals surface area (Å²) in [5.41, 5.74) is 1.77. The lowest BCUT2D eigenvalue weighted by Crippen LogP contribution is -2.57. The van der Waals surface area contributed by atoms with Gasteiger partial charge in [-0.15, -0.1) is 0 Å². The molecule has 2 aromatic rings. The molecule has 5 rings (SSSR count). The zero-order valence-electron chi connectivity index (χ0n) is 11.8. The van der Waals surface area contributed by atoms with Crippen molar-refractivity contribution in [1.82, 2.24) is 14.6 Å². The van der Waals surface area contributed by atoms with Crippen LogP contribution in [-0.2, 0) is 0 Å². The van der Waals surface area contributed by atoms with Gasteiger partial charge in [0, 0.05) is 35.0 Å². The number of hydrogen-bond acceptors (Lipinski definition) is 2. The second-order valence-corrected chi connectivity index (χ2v) is 7.04. The molecule has 2 bridgehead atoms. The fourth-order valence-electron chi connectivity index (χ4n) is 3.59. The summed E-state index contributed by atoms with van der Waals surface area (Å²) in [6, 6.07) is 6.25. The largest absolute Gasteiger partial charge is 0.348 e. The molecule has 3 fully saturated rings. The molecule has 0 aliphatic carbocycles. The average molecular weight is 348 g/mol. The maximum Gasteiger partial charge on any atom is 0.253 e. The summed E-state index contributed by atoms with van der Waals surface area (Å²) in [6.45, 7) is 3.40. The van der Waals surface area contributed by atoms with E-state index in [1.807, 2.05) is 35.0 Å². The minimum atomic E-state index is 0.0496. The van der Waals surface area contributed by atoms with Crippen LogP contribution >= 0.6 is 15.9 Å². The topological polar surface area (TPSA) is 36.8 Å². The monoisotopic (exact) mass is 347 g/mol. The van der Waals surface area contributed by atoms with E-state index in [9.17, 15) is 4.79 Å². The third-order valence-electron chi connectivity index (χ3n) is 4.79. The summed E-state index contributed by atoms with van der Waals surface area (Å²) in [4.78, 5) is 14.9. The van der Waals surface area contributed by atoms with Crippen LogP contribution in [0.15, 0.2) is 35.1 Å². The van der Waals surface area contributed by atoms with Crippen LogP contribution < -0.4 is 5.32 Å². The molecule has 3 saturated heterocycles. The molecule has 0 spiro atoms. The van der Waals surface area contributed by atoms with Gasteiger partial charge in [0.15, 0.2) is 0 Å². The first-order valence-corrected chi connectivity index (χ1v) is 8.29. The zero-order chi connectivity index (χ0) is 14.4. The minimum absolute atomic E-state index is 0.0496. The molecule has 1 N–H and O–H groups in total. The van der Waals surface area contributed by atoms with Crippen molar-refractivity contribution in [2.45, 2.75) is 18.9 Å². The summed E-state index contributed by atoms with van der Waals surface area (Å²) in [6.07, 6.45) is 6.30. The molecule has 0 aromatic carbocycles. The molecule has 3 aliphatic heterocycles. The second kappa shape index (κ2) is 5.14. The van der Waals surface area contributed by atoms with Crippen molar-refractivity contribution in [2.24, 2.45) is 5.92 Å². The fraction of sp³-hybridized carbons (Fsp3) is 0.438. The highest BCUT2D eigenvalue weighted by Crippen LogP contribution is 2.27. The highest BCUT2D eigenvalue weighted by molar-refractivity contribution is 9.10. The number of nitrogens with zero attached hydrogens (tertiary/aromatic N) is 2. The van der Waals surface area contributed by atoms with E-state index in [0.29, 0.717) is 12.0 Å². The van der Waals surface area contributed by atoms with Crippen LogP contribution in [0.2, 0.25) is 0 Å². The molecule has 21 heavy (non-hydrogen) atoms. The van der Waals surface area contributed by atoms with E-state index in [-0.39, 0.29) is 5.91 Å². The molecule has 110 valence electrons. The molecule has 2 aromatic heterocycles.